The van der Waals surface area contributed by atoms with Gasteiger partial charge in [-0.05, 0) is 24.3 Å². The van der Waals surface area contributed by atoms with Crippen molar-refractivity contribution in [2.75, 3.05) is 6.61 Å². The predicted molar refractivity (Wildman–Crippen MR) is 119 cm³/mol. The Hall–Kier alpha value is -3.27. The summed E-state index contributed by atoms with van der Waals surface area (Å²) in [5.74, 6) is 0.409. The summed E-state index contributed by atoms with van der Waals surface area (Å²) in [5.41, 5.74) is 0.239. The fourth-order valence-corrected chi connectivity index (χ4v) is 4.32. The van der Waals surface area contributed by atoms with Crippen LogP contribution in [0.15, 0.2) is 60.7 Å². The summed E-state index contributed by atoms with van der Waals surface area (Å²) in [5, 5.41) is 21.3. The van der Waals surface area contributed by atoms with Gasteiger partial charge in [0.25, 0.3) is 0 Å². The average molecular weight is 490 g/mol. The van der Waals surface area contributed by atoms with E-state index >= 15 is 0 Å². The summed E-state index contributed by atoms with van der Waals surface area (Å²) >= 11 is 0. The lowest BCUT2D eigenvalue weighted by Crippen LogP contribution is -2.62. The van der Waals surface area contributed by atoms with Gasteiger partial charge < -0.3 is 19.7 Å². The van der Waals surface area contributed by atoms with Crippen LogP contribution in [0.4, 0.5) is 0 Å². The molecular weight excluding hydrogens is 466 g/mol. The molecule has 0 amide bonds. The Balaban J connectivity index is 2.02. The smallest absolute Gasteiger partial charge is 0.338 e. The van der Waals surface area contributed by atoms with Gasteiger partial charge in [-0.3, -0.25) is 4.18 Å². The van der Waals surface area contributed by atoms with Crippen LogP contribution in [0.2, 0.25) is 0 Å². The van der Waals surface area contributed by atoms with E-state index in [2.05, 4.69) is 10.6 Å². The number of esters is 2. The van der Waals surface area contributed by atoms with Crippen LogP contribution >= 0.6 is 0 Å². The fraction of sp³-hybridized carbons (Fsp3) is 0.304. The lowest BCUT2D eigenvalue weighted by molar-refractivity contribution is -0.113. The molecule has 1 heterocycles. The third-order valence-electron chi connectivity index (χ3n) is 4.98. The van der Waals surface area contributed by atoms with Gasteiger partial charge in [0.2, 0.25) is 0 Å². The Kier molecular flexibility index (Phi) is 8.38. The van der Waals surface area contributed by atoms with Gasteiger partial charge in [0.1, 0.15) is 6.10 Å². The van der Waals surface area contributed by atoms with Crippen molar-refractivity contribution in [2.45, 2.75) is 36.9 Å². The van der Waals surface area contributed by atoms with Gasteiger partial charge >= 0.3 is 22.2 Å². The van der Waals surface area contributed by atoms with Crippen LogP contribution in [-0.2, 0) is 24.0 Å². The number of aliphatic hydroxyl groups excluding tert-OH is 2. The van der Waals surface area contributed by atoms with Gasteiger partial charge in [-0.25, -0.2) is 9.59 Å². The molecule has 2 aromatic rings. The molecule has 0 aromatic heterocycles. The fourth-order valence-electron chi connectivity index (χ4n) is 3.31. The number of benzene rings is 2. The first kappa shape index (κ1) is 25.4. The molecule has 0 spiro atoms. The molecule has 1 fully saturated rings. The molecule has 0 aliphatic carbocycles. The first-order valence-electron chi connectivity index (χ1n) is 10.2. The SMILES string of the molecule is C#CC[C@H](O)[C@H]1NS(=O)(=O)OC[C@@H](O)[C@@H](OC(=O)c2ccccc2)[C@@H]1OC(=O)c1ccccc1. The zero-order chi connectivity index (χ0) is 24.7. The van der Waals surface area contributed by atoms with Crippen molar-refractivity contribution >= 4 is 22.2 Å². The number of hydrogen-bond acceptors (Lipinski definition) is 9. The molecule has 180 valence electrons. The largest absolute Gasteiger partial charge is 0.453 e. The van der Waals surface area contributed by atoms with E-state index in [4.69, 9.17) is 20.1 Å². The second-order valence-corrected chi connectivity index (χ2v) is 8.78. The van der Waals surface area contributed by atoms with E-state index in [1.165, 1.54) is 24.3 Å². The van der Waals surface area contributed by atoms with E-state index in [9.17, 15) is 28.2 Å². The molecule has 5 atom stereocenters. The highest BCUT2D eigenvalue weighted by molar-refractivity contribution is 7.84. The van der Waals surface area contributed by atoms with E-state index in [-0.39, 0.29) is 17.5 Å². The van der Waals surface area contributed by atoms with Gasteiger partial charge in [0.15, 0.2) is 12.2 Å². The van der Waals surface area contributed by atoms with Crippen molar-refractivity contribution < 1.29 is 41.9 Å². The van der Waals surface area contributed by atoms with Crippen LogP contribution in [0.5, 0.6) is 0 Å². The molecule has 0 bridgehead atoms. The van der Waals surface area contributed by atoms with E-state index < -0.39 is 59.3 Å². The second kappa shape index (κ2) is 11.2. The Bertz CT molecular complexity index is 1130. The summed E-state index contributed by atoms with van der Waals surface area (Å²) in [6.45, 7) is -0.806. The standard InChI is InChI=1S/C23H23NO9S/c1-2-9-17(25)19-21(33-23(28)16-12-7-4-8-13-16)20(18(26)14-31-34(29,30)24-19)32-22(27)15-10-5-3-6-11-15/h1,3-8,10-13,17-21,24-26H,9,14H2/t17-,18+,19+,20+,21+/m0/s1. The maximum absolute atomic E-state index is 12.8. The minimum atomic E-state index is -4.50. The molecule has 0 radical (unpaired) electrons. The molecule has 34 heavy (non-hydrogen) atoms. The summed E-state index contributed by atoms with van der Waals surface area (Å²) in [6, 6.07) is 13.9. The summed E-state index contributed by atoms with van der Waals surface area (Å²) < 4.78 is 42.3. The number of hydrogen-bond donors (Lipinski definition) is 3. The second-order valence-electron chi connectivity index (χ2n) is 7.40. The van der Waals surface area contributed by atoms with Crippen LogP contribution in [-0.4, -0.2) is 67.6 Å². The number of carbonyl (C=O) groups excluding carboxylic acids is 2. The lowest BCUT2D eigenvalue weighted by Gasteiger charge is -2.38. The van der Waals surface area contributed by atoms with Gasteiger partial charge in [-0.2, -0.15) is 13.1 Å². The topological polar surface area (TPSA) is 148 Å². The summed E-state index contributed by atoms with van der Waals surface area (Å²) in [7, 11) is -4.50. The van der Waals surface area contributed by atoms with Crippen LogP contribution in [0, 0.1) is 12.3 Å². The number of ether oxygens (including phenoxy) is 2. The molecule has 10 nitrogen and oxygen atoms in total. The normalized spacial score (nSPS) is 25.1. The van der Waals surface area contributed by atoms with E-state index in [0.29, 0.717) is 0 Å². The Labute approximate surface area is 196 Å². The Morgan fingerprint density at radius 1 is 1.03 bits per heavy atom. The van der Waals surface area contributed by atoms with E-state index in [0.717, 1.165) is 0 Å². The van der Waals surface area contributed by atoms with Crippen molar-refractivity contribution in [2.24, 2.45) is 0 Å². The number of aliphatic hydroxyl groups is 2. The van der Waals surface area contributed by atoms with Crippen molar-refractivity contribution in [3.8, 4) is 12.3 Å². The monoisotopic (exact) mass is 489 g/mol. The summed E-state index contributed by atoms with van der Waals surface area (Å²) in [6.07, 6.45) is -1.69. The quantitative estimate of drug-likeness (QED) is 0.388. The van der Waals surface area contributed by atoms with Gasteiger partial charge in [0, 0.05) is 6.42 Å². The highest BCUT2D eigenvalue weighted by Gasteiger charge is 2.47. The van der Waals surface area contributed by atoms with Gasteiger partial charge in [-0.15, -0.1) is 12.3 Å². The van der Waals surface area contributed by atoms with E-state index in [1.807, 2.05) is 0 Å². The van der Waals surface area contributed by atoms with Crippen LogP contribution < -0.4 is 4.72 Å². The first-order chi connectivity index (χ1) is 16.2. The number of rotatable bonds is 6. The molecule has 0 unspecified atom stereocenters. The Morgan fingerprint density at radius 3 is 2.03 bits per heavy atom. The Morgan fingerprint density at radius 2 is 1.53 bits per heavy atom. The van der Waals surface area contributed by atoms with Crippen LogP contribution in [0.25, 0.3) is 0 Å². The molecule has 11 heteroatoms. The van der Waals surface area contributed by atoms with Crippen molar-refractivity contribution in [1.29, 1.82) is 0 Å². The minimum absolute atomic E-state index is 0.108. The highest BCUT2D eigenvalue weighted by atomic mass is 32.2. The number of carbonyl (C=O) groups is 2. The molecule has 1 aliphatic rings. The predicted octanol–water partition coefficient (Wildman–Crippen LogP) is 0.416. The molecule has 2 aromatic carbocycles. The molecular formula is C23H23NO9S. The van der Waals surface area contributed by atoms with Crippen molar-refractivity contribution in [3.05, 3.63) is 71.8 Å². The molecule has 1 saturated heterocycles. The molecule has 3 N–H and O–H groups in total. The number of terminal acetylenes is 1. The molecule has 3 rings (SSSR count). The summed E-state index contributed by atoms with van der Waals surface area (Å²) in [4.78, 5) is 25.6. The lowest BCUT2D eigenvalue weighted by atomic mass is 9.95. The third kappa shape index (κ3) is 6.40. The molecule has 0 saturated carbocycles. The zero-order valence-corrected chi connectivity index (χ0v) is 18.6. The van der Waals surface area contributed by atoms with Crippen LogP contribution in [0.3, 0.4) is 0 Å². The van der Waals surface area contributed by atoms with Gasteiger partial charge in [-0.1, -0.05) is 36.4 Å². The zero-order valence-electron chi connectivity index (χ0n) is 17.8. The first-order valence-corrected chi connectivity index (χ1v) is 11.6. The average Bonchev–Trinajstić information content (AvgIpc) is 2.84. The number of nitrogens with one attached hydrogen (secondary N) is 1. The van der Waals surface area contributed by atoms with E-state index in [1.54, 1.807) is 36.4 Å². The third-order valence-corrected chi connectivity index (χ3v) is 5.99. The highest BCUT2D eigenvalue weighted by Crippen LogP contribution is 2.23. The van der Waals surface area contributed by atoms with Gasteiger partial charge in [0.05, 0.1) is 29.9 Å². The van der Waals surface area contributed by atoms with Crippen molar-refractivity contribution in [3.63, 3.8) is 0 Å². The molecule has 1 aliphatic heterocycles. The van der Waals surface area contributed by atoms with Crippen molar-refractivity contribution in [1.82, 2.24) is 4.72 Å². The van der Waals surface area contributed by atoms with Crippen LogP contribution in [0.1, 0.15) is 27.1 Å². The minimum Gasteiger partial charge on any atom is -0.453 e. The maximum atomic E-state index is 12.8. The maximum Gasteiger partial charge on any atom is 0.338 e.